The van der Waals surface area contributed by atoms with E-state index in [4.69, 9.17) is 5.26 Å². The minimum absolute atomic E-state index is 0.00810. The van der Waals surface area contributed by atoms with E-state index in [0.29, 0.717) is 5.25 Å². The zero-order chi connectivity index (χ0) is 7.61. The molecule has 0 unspecified atom stereocenters. The molecule has 0 aromatic carbocycles. The van der Waals surface area contributed by atoms with Gasteiger partial charge < -0.3 is 0 Å². The number of rotatable bonds is 2. The maximum absolute atomic E-state index is 8.81. The van der Waals surface area contributed by atoms with Gasteiger partial charge in [-0.1, -0.05) is 13.8 Å². The molecule has 0 spiro atoms. The van der Waals surface area contributed by atoms with Crippen LogP contribution in [0.15, 0.2) is 0 Å². The van der Waals surface area contributed by atoms with Crippen molar-refractivity contribution in [3.8, 4) is 6.07 Å². The van der Waals surface area contributed by atoms with E-state index in [1.54, 1.807) is 0 Å². The predicted molar refractivity (Wildman–Crippen MR) is 44.9 cm³/mol. The van der Waals surface area contributed by atoms with Crippen molar-refractivity contribution in [1.82, 2.24) is 0 Å². The van der Waals surface area contributed by atoms with Gasteiger partial charge in [0.1, 0.15) is 4.75 Å². The second kappa shape index (κ2) is 2.84. The van der Waals surface area contributed by atoms with Crippen LogP contribution in [0.5, 0.6) is 0 Å². The molecular weight excluding hydrogens is 142 g/mol. The van der Waals surface area contributed by atoms with E-state index < -0.39 is 0 Å². The van der Waals surface area contributed by atoms with Crippen LogP contribution < -0.4 is 0 Å². The Bertz CT molecular complexity index is 153. The maximum Gasteiger partial charge on any atom is 0.103 e. The summed E-state index contributed by atoms with van der Waals surface area (Å²) in [6, 6.07) is 2.41. The predicted octanol–water partition coefficient (Wildman–Crippen LogP) is 2.57. The van der Waals surface area contributed by atoms with Gasteiger partial charge >= 0.3 is 0 Å². The summed E-state index contributed by atoms with van der Waals surface area (Å²) < 4.78 is 0.00810. The Balaban J connectivity index is 2.43. The maximum atomic E-state index is 8.81. The molecule has 0 radical (unpaired) electrons. The number of nitriles is 1. The third kappa shape index (κ3) is 1.46. The molecule has 0 bridgehead atoms. The first-order valence-corrected chi connectivity index (χ1v) is 4.65. The summed E-state index contributed by atoms with van der Waals surface area (Å²) in [7, 11) is 0. The minimum atomic E-state index is 0.00810. The van der Waals surface area contributed by atoms with E-state index >= 15 is 0 Å². The van der Waals surface area contributed by atoms with Gasteiger partial charge in [0.25, 0.3) is 0 Å². The summed E-state index contributed by atoms with van der Waals surface area (Å²) in [5.74, 6) is 0. The number of hydrogen-bond acceptors (Lipinski definition) is 2. The molecule has 1 fully saturated rings. The lowest BCUT2D eigenvalue weighted by molar-refractivity contribution is 0.439. The van der Waals surface area contributed by atoms with E-state index in [2.05, 4.69) is 19.9 Å². The molecule has 1 saturated carbocycles. The highest BCUT2D eigenvalue weighted by Crippen LogP contribution is 2.45. The van der Waals surface area contributed by atoms with Crippen LogP contribution in [0.25, 0.3) is 0 Å². The molecule has 10 heavy (non-hydrogen) atoms. The standard InChI is InChI=1S/C8H13NS/c1-7(2)10-8(6-9)4-3-5-8/h7H,3-5H2,1-2H3. The Morgan fingerprint density at radius 1 is 1.50 bits per heavy atom. The van der Waals surface area contributed by atoms with Gasteiger partial charge in [-0.15, -0.1) is 11.8 Å². The van der Waals surface area contributed by atoms with Gasteiger partial charge in [-0.3, -0.25) is 0 Å². The lowest BCUT2D eigenvalue weighted by Crippen LogP contribution is -2.32. The molecule has 0 heterocycles. The first-order valence-electron chi connectivity index (χ1n) is 3.78. The van der Waals surface area contributed by atoms with E-state index in [9.17, 15) is 0 Å². The molecule has 0 aliphatic heterocycles. The highest BCUT2D eigenvalue weighted by molar-refractivity contribution is 8.01. The van der Waals surface area contributed by atoms with Crippen LogP contribution in [-0.2, 0) is 0 Å². The van der Waals surface area contributed by atoms with E-state index in [-0.39, 0.29) is 4.75 Å². The Kier molecular flexibility index (Phi) is 2.25. The van der Waals surface area contributed by atoms with Crippen molar-refractivity contribution in [2.45, 2.75) is 43.1 Å². The second-order valence-corrected chi connectivity index (χ2v) is 5.09. The van der Waals surface area contributed by atoms with E-state index in [1.807, 2.05) is 11.8 Å². The Hall–Kier alpha value is -0.160. The monoisotopic (exact) mass is 155 g/mol. The lowest BCUT2D eigenvalue weighted by Gasteiger charge is -2.35. The van der Waals surface area contributed by atoms with Gasteiger partial charge in [0, 0.05) is 5.25 Å². The van der Waals surface area contributed by atoms with Gasteiger partial charge in [-0.25, -0.2) is 0 Å². The molecule has 0 amide bonds. The Morgan fingerprint density at radius 2 is 2.10 bits per heavy atom. The fourth-order valence-electron chi connectivity index (χ4n) is 1.21. The van der Waals surface area contributed by atoms with Gasteiger partial charge in [0.05, 0.1) is 6.07 Å². The molecule has 56 valence electrons. The molecule has 0 aromatic rings. The minimum Gasteiger partial charge on any atom is -0.197 e. The van der Waals surface area contributed by atoms with Gasteiger partial charge in [-0.2, -0.15) is 5.26 Å². The molecule has 0 N–H and O–H groups in total. The molecule has 0 atom stereocenters. The highest BCUT2D eigenvalue weighted by atomic mass is 32.2. The average molecular weight is 155 g/mol. The van der Waals surface area contributed by atoms with Gasteiger partial charge in [0.15, 0.2) is 0 Å². The van der Waals surface area contributed by atoms with Crippen LogP contribution >= 0.6 is 11.8 Å². The van der Waals surface area contributed by atoms with Crippen LogP contribution in [0.1, 0.15) is 33.1 Å². The number of nitrogens with zero attached hydrogens (tertiary/aromatic N) is 1. The fourth-order valence-corrected chi connectivity index (χ4v) is 2.68. The van der Waals surface area contributed by atoms with Gasteiger partial charge in [0.2, 0.25) is 0 Å². The summed E-state index contributed by atoms with van der Waals surface area (Å²) in [4.78, 5) is 0. The van der Waals surface area contributed by atoms with Crippen molar-refractivity contribution >= 4 is 11.8 Å². The van der Waals surface area contributed by atoms with E-state index in [1.165, 1.54) is 6.42 Å². The molecule has 1 nitrogen and oxygen atoms in total. The van der Waals surface area contributed by atoms with Crippen LogP contribution in [0.4, 0.5) is 0 Å². The second-order valence-electron chi connectivity index (χ2n) is 3.13. The van der Waals surface area contributed by atoms with Crippen molar-refractivity contribution in [2.24, 2.45) is 0 Å². The Labute approximate surface area is 66.8 Å². The number of thioether (sulfide) groups is 1. The highest BCUT2D eigenvalue weighted by Gasteiger charge is 2.38. The first kappa shape index (κ1) is 7.94. The summed E-state index contributed by atoms with van der Waals surface area (Å²) in [6.45, 7) is 4.31. The molecule has 1 rings (SSSR count). The topological polar surface area (TPSA) is 23.8 Å². The molecule has 1 aliphatic carbocycles. The molecule has 1 aliphatic rings. The van der Waals surface area contributed by atoms with Gasteiger partial charge in [-0.05, 0) is 19.3 Å². The average Bonchev–Trinajstić information content (AvgIpc) is 1.78. The van der Waals surface area contributed by atoms with Crippen molar-refractivity contribution in [1.29, 1.82) is 5.26 Å². The number of hydrogen-bond donors (Lipinski definition) is 0. The van der Waals surface area contributed by atoms with Crippen molar-refractivity contribution in [2.75, 3.05) is 0 Å². The Morgan fingerprint density at radius 3 is 2.20 bits per heavy atom. The zero-order valence-corrected chi connectivity index (χ0v) is 7.37. The zero-order valence-electron chi connectivity index (χ0n) is 6.55. The fraction of sp³-hybridized carbons (Fsp3) is 0.875. The summed E-state index contributed by atoms with van der Waals surface area (Å²) in [6.07, 6.45) is 3.45. The van der Waals surface area contributed by atoms with Crippen LogP contribution in [0, 0.1) is 11.3 Å². The normalized spacial score (nSPS) is 21.8. The third-order valence-electron chi connectivity index (χ3n) is 1.83. The quantitative estimate of drug-likeness (QED) is 0.612. The van der Waals surface area contributed by atoms with E-state index in [0.717, 1.165) is 12.8 Å². The van der Waals surface area contributed by atoms with Crippen LogP contribution in [0.3, 0.4) is 0 Å². The smallest absolute Gasteiger partial charge is 0.103 e. The van der Waals surface area contributed by atoms with Crippen LogP contribution in [-0.4, -0.2) is 10.00 Å². The summed E-state index contributed by atoms with van der Waals surface area (Å²) >= 11 is 1.83. The molecule has 2 heteroatoms. The molecule has 0 aromatic heterocycles. The van der Waals surface area contributed by atoms with Crippen molar-refractivity contribution < 1.29 is 0 Å². The molecule has 0 saturated heterocycles. The third-order valence-corrected chi connectivity index (χ3v) is 3.25. The largest absolute Gasteiger partial charge is 0.197 e. The summed E-state index contributed by atoms with van der Waals surface area (Å²) in [5.41, 5.74) is 0. The van der Waals surface area contributed by atoms with Crippen LogP contribution in [0.2, 0.25) is 0 Å². The SMILES string of the molecule is CC(C)SC1(C#N)CCC1. The molecular formula is C8H13NS. The summed E-state index contributed by atoms with van der Waals surface area (Å²) in [5, 5.41) is 9.41. The first-order chi connectivity index (χ1) is 4.68. The van der Waals surface area contributed by atoms with Crippen molar-refractivity contribution in [3.05, 3.63) is 0 Å². The lowest BCUT2D eigenvalue weighted by atomic mass is 9.86. The van der Waals surface area contributed by atoms with Crippen molar-refractivity contribution in [3.63, 3.8) is 0 Å².